The van der Waals surface area contributed by atoms with Gasteiger partial charge in [0.25, 0.3) is 10.0 Å². The smallest absolute Gasteiger partial charge is 0.261 e. The fourth-order valence-corrected chi connectivity index (χ4v) is 6.55. The second-order valence-electron chi connectivity index (χ2n) is 11.4. The van der Waals surface area contributed by atoms with Crippen molar-refractivity contribution < 1.29 is 28.1 Å². The number of anilines is 1. The third-order valence-electron chi connectivity index (χ3n) is 8.37. The number of aliphatic hydroxyl groups excluding tert-OH is 2. The minimum absolute atomic E-state index is 0.0355. The average Bonchev–Trinajstić information content (AvgIpc) is 3.06. The third kappa shape index (κ3) is 7.38. The molecule has 1 fully saturated rings. The van der Waals surface area contributed by atoms with E-state index in [4.69, 9.17) is 9.47 Å². The maximum Gasteiger partial charge on any atom is 0.261 e. The van der Waals surface area contributed by atoms with Crippen LogP contribution in [0.5, 0.6) is 0 Å². The minimum atomic E-state index is -3.72. The van der Waals surface area contributed by atoms with Crippen molar-refractivity contribution in [2.45, 2.75) is 56.0 Å². The molecule has 232 valence electrons. The van der Waals surface area contributed by atoms with Gasteiger partial charge in [0.2, 0.25) is 0 Å². The lowest BCUT2D eigenvalue weighted by Gasteiger charge is -2.43. The summed E-state index contributed by atoms with van der Waals surface area (Å²) in [6.45, 7) is 4.60. The molecule has 0 radical (unpaired) electrons. The monoisotopic (exact) mass is 616 g/mol. The van der Waals surface area contributed by atoms with Gasteiger partial charge in [0.05, 0.1) is 29.8 Å². The van der Waals surface area contributed by atoms with E-state index < -0.39 is 22.4 Å². The average molecular weight is 617 g/mol. The normalized spacial score (nSPS) is 22.0. The molecule has 3 N–H and O–H groups in total. The topological polar surface area (TPSA) is 108 Å². The van der Waals surface area contributed by atoms with Crippen LogP contribution in [0.2, 0.25) is 0 Å². The fraction of sp³-hybridized carbons (Fsp3) is 0.314. The van der Waals surface area contributed by atoms with Crippen molar-refractivity contribution in [2.75, 3.05) is 18.3 Å². The van der Waals surface area contributed by atoms with Crippen LogP contribution in [0.4, 0.5) is 5.69 Å². The molecule has 8 nitrogen and oxygen atoms in total. The molecule has 0 bridgehead atoms. The molecule has 6 atom stereocenters. The van der Waals surface area contributed by atoms with E-state index in [1.165, 1.54) is 0 Å². The zero-order chi connectivity index (χ0) is 31.3. The predicted octanol–water partition coefficient (Wildman–Crippen LogP) is 5.83. The summed E-state index contributed by atoms with van der Waals surface area (Å²) in [7, 11) is -1.74. The summed E-state index contributed by atoms with van der Waals surface area (Å²) in [5, 5.41) is 20.6. The molecule has 1 aliphatic heterocycles. The Kier molecular flexibility index (Phi) is 10.2. The van der Waals surface area contributed by atoms with Crippen LogP contribution in [0.25, 0.3) is 0 Å². The van der Waals surface area contributed by atoms with E-state index in [0.29, 0.717) is 12.2 Å². The minimum Gasteiger partial charge on any atom is -0.392 e. The Morgan fingerprint density at radius 1 is 0.841 bits per heavy atom. The molecular formula is C35H40N2O6S. The lowest BCUT2D eigenvalue weighted by atomic mass is 9.89. The number of sulfonamides is 1. The van der Waals surface area contributed by atoms with Crippen LogP contribution in [0.1, 0.15) is 54.6 Å². The van der Waals surface area contributed by atoms with Gasteiger partial charge in [0.15, 0.2) is 6.29 Å². The van der Waals surface area contributed by atoms with Gasteiger partial charge in [-0.3, -0.25) is 9.62 Å². The Hall–Kier alpha value is -3.57. The highest BCUT2D eigenvalue weighted by atomic mass is 32.2. The highest BCUT2D eigenvalue weighted by molar-refractivity contribution is 7.92. The first-order chi connectivity index (χ1) is 21.2. The molecule has 4 aromatic rings. The zero-order valence-electron chi connectivity index (χ0n) is 25.2. The summed E-state index contributed by atoms with van der Waals surface area (Å²) in [5.74, 6) is -0.0355. The lowest BCUT2D eigenvalue weighted by Crippen LogP contribution is -2.46. The Balaban J connectivity index is 1.36. The van der Waals surface area contributed by atoms with Crippen LogP contribution in [0.15, 0.2) is 114 Å². The van der Waals surface area contributed by atoms with Gasteiger partial charge in [-0.05, 0) is 54.9 Å². The molecule has 4 aromatic carbocycles. The van der Waals surface area contributed by atoms with E-state index in [1.54, 1.807) is 54.6 Å². The van der Waals surface area contributed by atoms with Gasteiger partial charge in [-0.15, -0.1) is 0 Å². The maximum atomic E-state index is 12.8. The summed E-state index contributed by atoms with van der Waals surface area (Å²) >= 11 is 0. The van der Waals surface area contributed by atoms with Gasteiger partial charge >= 0.3 is 0 Å². The highest BCUT2D eigenvalue weighted by Crippen LogP contribution is 2.42. The number of benzene rings is 4. The number of ether oxygens (including phenoxy) is 2. The number of hydrogen-bond donors (Lipinski definition) is 3. The summed E-state index contributed by atoms with van der Waals surface area (Å²) in [4.78, 5) is 2.29. The molecule has 0 aromatic heterocycles. The van der Waals surface area contributed by atoms with Crippen molar-refractivity contribution in [1.29, 1.82) is 0 Å². The third-order valence-corrected chi connectivity index (χ3v) is 9.77. The standard InChI is InChI=1S/C35H40N2O6S/c1-24-32(22-37(3)25(2)33(39)27-10-6-4-7-11-27)42-35(43-34(24)28-16-14-26(23-38)15-17-28)29-18-20-30(21-19-29)36-44(40,41)31-12-8-5-9-13-31/h4-21,24-25,32-36,38-39H,22-23H2,1-3H3/t24-,25-,32+,33-,34+,35+/m1/s1. The largest absolute Gasteiger partial charge is 0.392 e. The first kappa shape index (κ1) is 31.8. The van der Waals surface area contributed by atoms with E-state index in [0.717, 1.165) is 22.3 Å². The van der Waals surface area contributed by atoms with Crippen molar-refractivity contribution in [3.8, 4) is 0 Å². The number of rotatable bonds is 11. The molecule has 0 unspecified atom stereocenters. The van der Waals surface area contributed by atoms with E-state index in [1.807, 2.05) is 68.6 Å². The highest BCUT2D eigenvalue weighted by Gasteiger charge is 2.39. The molecule has 1 heterocycles. The number of nitrogens with one attached hydrogen (secondary N) is 1. The van der Waals surface area contributed by atoms with Crippen LogP contribution in [-0.4, -0.2) is 49.3 Å². The summed E-state index contributed by atoms with van der Waals surface area (Å²) in [6.07, 6.45) is -1.92. The lowest BCUT2D eigenvalue weighted by molar-refractivity contribution is -0.276. The number of hydrogen-bond acceptors (Lipinski definition) is 7. The molecule has 44 heavy (non-hydrogen) atoms. The van der Waals surface area contributed by atoms with Crippen molar-refractivity contribution in [3.05, 3.63) is 131 Å². The molecule has 9 heteroatoms. The number of aliphatic hydroxyl groups is 2. The maximum absolute atomic E-state index is 12.8. The Morgan fingerprint density at radius 3 is 2.05 bits per heavy atom. The van der Waals surface area contributed by atoms with Gasteiger partial charge in [-0.25, -0.2) is 8.42 Å². The van der Waals surface area contributed by atoms with Crippen molar-refractivity contribution in [1.82, 2.24) is 4.90 Å². The Morgan fingerprint density at radius 2 is 1.43 bits per heavy atom. The van der Waals surface area contributed by atoms with E-state index >= 15 is 0 Å². The van der Waals surface area contributed by atoms with Crippen molar-refractivity contribution in [3.63, 3.8) is 0 Å². The first-order valence-electron chi connectivity index (χ1n) is 14.8. The molecule has 1 saturated heterocycles. The summed E-state index contributed by atoms with van der Waals surface area (Å²) < 4.78 is 41.4. The summed E-state index contributed by atoms with van der Waals surface area (Å²) in [5.41, 5.74) is 3.83. The molecule has 1 aliphatic rings. The molecule has 0 saturated carbocycles. The predicted molar refractivity (Wildman–Crippen MR) is 170 cm³/mol. The van der Waals surface area contributed by atoms with Gasteiger partial charge in [0.1, 0.15) is 0 Å². The fourth-order valence-electron chi connectivity index (χ4n) is 5.47. The van der Waals surface area contributed by atoms with Crippen molar-refractivity contribution >= 4 is 15.7 Å². The molecule has 0 spiro atoms. The van der Waals surface area contributed by atoms with Gasteiger partial charge < -0.3 is 19.7 Å². The van der Waals surface area contributed by atoms with E-state index in [-0.39, 0.29) is 35.7 Å². The van der Waals surface area contributed by atoms with E-state index in [9.17, 15) is 18.6 Å². The Bertz CT molecular complexity index is 1580. The quantitative estimate of drug-likeness (QED) is 0.195. The SMILES string of the molecule is C[C@@H]1[C@H](CN(C)[C@H](C)[C@@H](O)c2ccccc2)O[C@H](c2ccc(NS(=O)(=O)c3ccccc3)cc2)O[C@@H]1c1ccc(CO)cc1. The number of nitrogens with zero attached hydrogens (tertiary/aromatic N) is 1. The van der Waals surface area contributed by atoms with E-state index in [2.05, 4.69) is 16.5 Å². The molecule has 5 rings (SSSR count). The van der Waals surface area contributed by atoms with Gasteiger partial charge in [0, 0.05) is 29.8 Å². The van der Waals surface area contributed by atoms with Gasteiger partial charge in [-0.2, -0.15) is 0 Å². The van der Waals surface area contributed by atoms with Crippen LogP contribution < -0.4 is 4.72 Å². The zero-order valence-corrected chi connectivity index (χ0v) is 26.0. The number of likely N-dealkylation sites (N-methyl/N-ethyl adjacent to an activating group) is 1. The molecule has 0 amide bonds. The van der Waals surface area contributed by atoms with Crippen LogP contribution in [-0.2, 0) is 26.1 Å². The Labute approximate surface area is 259 Å². The van der Waals surface area contributed by atoms with Crippen LogP contribution >= 0.6 is 0 Å². The molecule has 0 aliphatic carbocycles. The molecular weight excluding hydrogens is 576 g/mol. The summed E-state index contributed by atoms with van der Waals surface area (Å²) in [6, 6.07) is 32.4. The van der Waals surface area contributed by atoms with Crippen LogP contribution in [0, 0.1) is 5.92 Å². The van der Waals surface area contributed by atoms with Crippen LogP contribution in [0.3, 0.4) is 0 Å². The van der Waals surface area contributed by atoms with Crippen molar-refractivity contribution in [2.24, 2.45) is 5.92 Å². The second kappa shape index (κ2) is 14.0. The second-order valence-corrected chi connectivity index (χ2v) is 13.1. The van der Waals surface area contributed by atoms with Gasteiger partial charge in [-0.1, -0.05) is 91.9 Å². The first-order valence-corrected chi connectivity index (χ1v) is 16.3.